The number of carbonyl (C=O) groups excluding carboxylic acids is 1. The van der Waals surface area contributed by atoms with Gasteiger partial charge in [0.15, 0.2) is 0 Å². The SMILES string of the molecule is Cc1ccc(C(=O)N2C[C@@H]3C[C@H]2CN3c2cc(OCC(C)C)ncn2)cc1F. The van der Waals surface area contributed by atoms with Gasteiger partial charge in [0.1, 0.15) is 18.0 Å². The summed E-state index contributed by atoms with van der Waals surface area (Å²) in [5, 5.41) is 0. The minimum atomic E-state index is -0.341. The maximum absolute atomic E-state index is 13.8. The highest BCUT2D eigenvalue weighted by Gasteiger charge is 2.46. The summed E-state index contributed by atoms with van der Waals surface area (Å²) in [6, 6.07) is 6.87. The summed E-state index contributed by atoms with van der Waals surface area (Å²) >= 11 is 0. The Labute approximate surface area is 164 Å². The molecule has 0 unspecified atom stereocenters. The molecule has 0 aliphatic carbocycles. The molecular formula is C21H25FN4O2. The standard InChI is InChI=1S/C21H25FN4O2/c1-13(2)11-28-20-8-19(23-12-24-20)25-9-17-7-16(25)10-26(17)21(27)15-5-4-14(3)18(22)6-15/h4-6,8,12-13,16-17H,7,9-11H2,1-3H3/t16-,17-/m0/s1. The van der Waals surface area contributed by atoms with Crippen molar-refractivity contribution in [3.63, 3.8) is 0 Å². The first-order valence-corrected chi connectivity index (χ1v) is 9.71. The van der Waals surface area contributed by atoms with Crippen LogP contribution in [-0.4, -0.2) is 52.6 Å². The van der Waals surface area contributed by atoms with E-state index in [2.05, 4.69) is 28.7 Å². The summed E-state index contributed by atoms with van der Waals surface area (Å²) in [7, 11) is 0. The van der Waals surface area contributed by atoms with Gasteiger partial charge in [-0.05, 0) is 37.0 Å². The third kappa shape index (κ3) is 3.53. The van der Waals surface area contributed by atoms with E-state index >= 15 is 0 Å². The smallest absolute Gasteiger partial charge is 0.254 e. The van der Waals surface area contributed by atoms with E-state index in [1.165, 1.54) is 12.4 Å². The molecule has 7 heteroatoms. The Bertz CT molecular complexity index is 888. The summed E-state index contributed by atoms with van der Waals surface area (Å²) in [6.45, 7) is 7.81. The first kappa shape index (κ1) is 18.7. The van der Waals surface area contributed by atoms with Gasteiger partial charge in [-0.3, -0.25) is 4.79 Å². The molecule has 0 saturated carbocycles. The number of aryl methyl sites for hydroxylation is 1. The number of anilines is 1. The molecule has 1 amide bonds. The van der Waals surface area contributed by atoms with E-state index in [0.29, 0.717) is 42.6 Å². The number of benzene rings is 1. The van der Waals surface area contributed by atoms with Crippen LogP contribution < -0.4 is 9.64 Å². The molecular weight excluding hydrogens is 359 g/mol. The van der Waals surface area contributed by atoms with Crippen molar-refractivity contribution in [2.24, 2.45) is 5.92 Å². The molecule has 2 atom stereocenters. The van der Waals surface area contributed by atoms with Crippen molar-refractivity contribution in [2.45, 2.75) is 39.3 Å². The number of piperazine rings is 1. The molecule has 2 fully saturated rings. The highest BCUT2D eigenvalue weighted by Crippen LogP contribution is 2.35. The van der Waals surface area contributed by atoms with Gasteiger partial charge in [-0.25, -0.2) is 14.4 Å². The van der Waals surface area contributed by atoms with Crippen molar-refractivity contribution < 1.29 is 13.9 Å². The fourth-order valence-electron chi connectivity index (χ4n) is 3.91. The number of fused-ring (bicyclic) bond motifs is 2. The monoisotopic (exact) mass is 384 g/mol. The summed E-state index contributed by atoms with van der Waals surface area (Å²) in [5.74, 6) is 1.38. The summed E-state index contributed by atoms with van der Waals surface area (Å²) in [4.78, 5) is 25.5. The van der Waals surface area contributed by atoms with Gasteiger partial charge >= 0.3 is 0 Å². The van der Waals surface area contributed by atoms with E-state index in [1.807, 2.05) is 11.0 Å². The molecule has 2 aliphatic heterocycles. The van der Waals surface area contributed by atoms with Gasteiger partial charge in [0.2, 0.25) is 5.88 Å². The Balaban J connectivity index is 1.44. The topological polar surface area (TPSA) is 58.6 Å². The van der Waals surface area contributed by atoms with Crippen LogP contribution in [0.2, 0.25) is 0 Å². The van der Waals surface area contributed by atoms with Crippen LogP contribution in [0.5, 0.6) is 5.88 Å². The van der Waals surface area contributed by atoms with Crippen molar-refractivity contribution >= 4 is 11.7 Å². The van der Waals surface area contributed by atoms with Crippen molar-refractivity contribution in [1.82, 2.24) is 14.9 Å². The number of hydrogen-bond donors (Lipinski definition) is 0. The molecule has 2 saturated heterocycles. The van der Waals surface area contributed by atoms with E-state index in [0.717, 1.165) is 12.2 Å². The van der Waals surface area contributed by atoms with Crippen LogP contribution in [0.4, 0.5) is 10.2 Å². The second kappa shape index (κ2) is 7.37. The molecule has 1 aromatic heterocycles. The van der Waals surface area contributed by atoms with Crippen LogP contribution in [0, 0.1) is 18.7 Å². The number of likely N-dealkylation sites (tertiary alicyclic amines) is 1. The molecule has 0 radical (unpaired) electrons. The maximum Gasteiger partial charge on any atom is 0.254 e. The van der Waals surface area contributed by atoms with Crippen LogP contribution in [-0.2, 0) is 0 Å². The number of aromatic nitrogens is 2. The van der Waals surface area contributed by atoms with Gasteiger partial charge in [-0.1, -0.05) is 19.9 Å². The first-order valence-electron chi connectivity index (χ1n) is 9.71. The third-order valence-corrected chi connectivity index (χ3v) is 5.41. The zero-order valence-electron chi connectivity index (χ0n) is 16.4. The molecule has 6 nitrogen and oxygen atoms in total. The quantitative estimate of drug-likeness (QED) is 0.793. The Morgan fingerprint density at radius 2 is 2.07 bits per heavy atom. The lowest BCUT2D eigenvalue weighted by molar-refractivity contribution is 0.0725. The second-order valence-electron chi connectivity index (χ2n) is 8.04. The predicted octanol–water partition coefficient (Wildman–Crippen LogP) is 3.06. The van der Waals surface area contributed by atoms with Gasteiger partial charge < -0.3 is 14.5 Å². The fraction of sp³-hybridized carbons (Fsp3) is 0.476. The maximum atomic E-state index is 13.8. The molecule has 0 N–H and O–H groups in total. The zero-order valence-corrected chi connectivity index (χ0v) is 16.4. The molecule has 1 aromatic carbocycles. The van der Waals surface area contributed by atoms with Gasteiger partial charge in [0.05, 0.1) is 18.7 Å². The molecule has 28 heavy (non-hydrogen) atoms. The normalized spacial score (nSPS) is 20.9. The van der Waals surface area contributed by atoms with Crippen molar-refractivity contribution in [1.29, 1.82) is 0 Å². The third-order valence-electron chi connectivity index (χ3n) is 5.41. The van der Waals surface area contributed by atoms with E-state index in [1.54, 1.807) is 19.1 Å². The van der Waals surface area contributed by atoms with Crippen LogP contribution in [0.15, 0.2) is 30.6 Å². The van der Waals surface area contributed by atoms with Crippen LogP contribution >= 0.6 is 0 Å². The Hall–Kier alpha value is -2.70. The Kier molecular flexibility index (Phi) is 4.91. The second-order valence-corrected chi connectivity index (χ2v) is 8.04. The van der Waals surface area contributed by atoms with Crippen molar-refractivity contribution in [3.8, 4) is 5.88 Å². The minimum Gasteiger partial charge on any atom is -0.477 e. The van der Waals surface area contributed by atoms with Gasteiger partial charge in [-0.15, -0.1) is 0 Å². The van der Waals surface area contributed by atoms with Crippen LogP contribution in [0.3, 0.4) is 0 Å². The minimum absolute atomic E-state index is 0.102. The molecule has 4 rings (SSSR count). The number of amides is 1. The predicted molar refractivity (Wildman–Crippen MR) is 104 cm³/mol. The summed E-state index contributed by atoms with van der Waals surface area (Å²) in [5.41, 5.74) is 0.957. The average molecular weight is 384 g/mol. The highest BCUT2D eigenvalue weighted by molar-refractivity contribution is 5.95. The summed E-state index contributed by atoms with van der Waals surface area (Å²) < 4.78 is 19.6. The molecule has 148 valence electrons. The van der Waals surface area contributed by atoms with E-state index < -0.39 is 0 Å². The lowest BCUT2D eigenvalue weighted by Crippen LogP contribution is -2.49. The number of rotatable bonds is 5. The number of nitrogens with zero attached hydrogens (tertiary/aromatic N) is 4. The molecule has 2 bridgehead atoms. The fourth-order valence-corrected chi connectivity index (χ4v) is 3.91. The lowest BCUT2D eigenvalue weighted by Gasteiger charge is -2.35. The number of hydrogen-bond acceptors (Lipinski definition) is 5. The van der Waals surface area contributed by atoms with Crippen molar-refractivity contribution in [3.05, 3.63) is 47.5 Å². The van der Waals surface area contributed by atoms with E-state index in [-0.39, 0.29) is 23.8 Å². The molecule has 3 heterocycles. The Morgan fingerprint density at radius 3 is 2.75 bits per heavy atom. The number of halogens is 1. The first-order chi connectivity index (χ1) is 13.4. The largest absolute Gasteiger partial charge is 0.477 e. The summed E-state index contributed by atoms with van der Waals surface area (Å²) in [6.07, 6.45) is 2.42. The Morgan fingerprint density at radius 1 is 1.25 bits per heavy atom. The molecule has 2 aliphatic rings. The highest BCUT2D eigenvalue weighted by atomic mass is 19.1. The van der Waals surface area contributed by atoms with E-state index in [4.69, 9.17) is 4.74 Å². The zero-order chi connectivity index (χ0) is 19.8. The average Bonchev–Trinajstić information content (AvgIpc) is 3.29. The van der Waals surface area contributed by atoms with Gasteiger partial charge in [-0.2, -0.15) is 0 Å². The van der Waals surface area contributed by atoms with Crippen LogP contribution in [0.25, 0.3) is 0 Å². The molecule has 0 spiro atoms. The van der Waals surface area contributed by atoms with Crippen LogP contribution in [0.1, 0.15) is 36.2 Å². The lowest BCUT2D eigenvalue weighted by atomic mass is 10.1. The van der Waals surface area contributed by atoms with Crippen molar-refractivity contribution in [2.75, 3.05) is 24.6 Å². The molecule has 2 aromatic rings. The number of carbonyl (C=O) groups is 1. The number of ether oxygens (including phenoxy) is 1. The van der Waals surface area contributed by atoms with Gasteiger partial charge in [0, 0.05) is 24.7 Å². The van der Waals surface area contributed by atoms with Gasteiger partial charge in [0.25, 0.3) is 5.91 Å². The van der Waals surface area contributed by atoms with E-state index in [9.17, 15) is 9.18 Å².